The van der Waals surface area contributed by atoms with Crippen LogP contribution in [0.2, 0.25) is 0 Å². The molecule has 0 bridgehead atoms. The Morgan fingerprint density at radius 3 is 2.68 bits per heavy atom. The van der Waals surface area contributed by atoms with Crippen molar-refractivity contribution in [3.8, 4) is 0 Å². The van der Waals surface area contributed by atoms with Gasteiger partial charge in [-0.3, -0.25) is 9.78 Å². The van der Waals surface area contributed by atoms with Gasteiger partial charge in [0.25, 0.3) is 5.91 Å². The molecule has 0 aliphatic carbocycles. The number of hydrogen-bond donors (Lipinski definition) is 3. The third kappa shape index (κ3) is 4.67. The number of amides is 1. The van der Waals surface area contributed by atoms with Gasteiger partial charge in [0.2, 0.25) is 0 Å². The van der Waals surface area contributed by atoms with Crippen molar-refractivity contribution in [1.82, 2.24) is 10.3 Å². The molecule has 0 saturated carbocycles. The number of nitrogens with zero attached hydrogens (tertiary/aromatic N) is 2. The van der Waals surface area contributed by atoms with Crippen LogP contribution >= 0.6 is 0 Å². The van der Waals surface area contributed by atoms with E-state index in [-0.39, 0.29) is 5.71 Å². The fraction of sp³-hybridized carbons (Fsp3) is 0.462. The van der Waals surface area contributed by atoms with Crippen molar-refractivity contribution < 1.29 is 14.9 Å². The van der Waals surface area contributed by atoms with Crippen molar-refractivity contribution in [2.45, 2.75) is 13.8 Å². The lowest BCUT2D eigenvalue weighted by atomic mass is 10.2. The fourth-order valence-corrected chi connectivity index (χ4v) is 1.76. The highest BCUT2D eigenvalue weighted by molar-refractivity contribution is 6.44. The molecular weight excluding hydrogens is 244 g/mol. The van der Waals surface area contributed by atoms with E-state index in [1.807, 2.05) is 0 Å². The first-order valence-corrected chi connectivity index (χ1v) is 6.48. The summed E-state index contributed by atoms with van der Waals surface area (Å²) in [6.45, 7) is 7.65. The zero-order chi connectivity index (χ0) is 14.1. The maximum absolute atomic E-state index is 11.9. The van der Waals surface area contributed by atoms with Crippen molar-refractivity contribution >= 4 is 11.6 Å². The second-order valence-electron chi connectivity index (χ2n) is 4.13. The van der Waals surface area contributed by atoms with Crippen LogP contribution in [0.1, 0.15) is 19.5 Å². The molecule has 0 radical (unpaired) electrons. The summed E-state index contributed by atoms with van der Waals surface area (Å²) in [5.41, 5.74) is 0.299. The summed E-state index contributed by atoms with van der Waals surface area (Å²) in [6, 6.07) is 5.10. The predicted octanol–water partition coefficient (Wildman–Crippen LogP) is -0.699. The molecule has 1 rings (SSSR count). The highest BCUT2D eigenvalue weighted by atomic mass is 16.4. The normalized spacial score (nSPS) is 11.6. The molecule has 6 heteroatoms. The lowest BCUT2D eigenvalue weighted by Gasteiger charge is -2.15. The van der Waals surface area contributed by atoms with E-state index >= 15 is 0 Å². The minimum absolute atomic E-state index is 0.0600. The Balaban J connectivity index is 2.53. The van der Waals surface area contributed by atoms with Crippen LogP contribution in [0.5, 0.6) is 0 Å². The molecule has 0 aliphatic heterocycles. The molecule has 1 aromatic rings. The van der Waals surface area contributed by atoms with E-state index in [1.54, 1.807) is 24.4 Å². The molecule has 0 unspecified atom stereocenters. The van der Waals surface area contributed by atoms with Gasteiger partial charge in [0.05, 0.1) is 31.9 Å². The van der Waals surface area contributed by atoms with Crippen LogP contribution in [0.15, 0.2) is 29.6 Å². The summed E-state index contributed by atoms with van der Waals surface area (Å²) in [6.07, 6.45) is 1.55. The van der Waals surface area contributed by atoms with Crippen LogP contribution in [-0.2, 0) is 4.79 Å². The standard InChI is InChI=1S/C13H20N4O2/c1-3-17(4-2)10-9-15-13(18)12(16-19)11-7-5-6-8-14-11/h5-8,19H,3-4,9-10H2,1-2H3,(H,15,18)/p+1/b16-12-. The number of nitrogens with one attached hydrogen (secondary N) is 2. The average Bonchev–Trinajstić information content (AvgIpc) is 2.45. The largest absolute Gasteiger partial charge is 0.410 e. The summed E-state index contributed by atoms with van der Waals surface area (Å²) >= 11 is 0. The van der Waals surface area contributed by atoms with Crippen LogP contribution in [0.4, 0.5) is 0 Å². The predicted molar refractivity (Wildman–Crippen MR) is 72.5 cm³/mol. The minimum Gasteiger partial charge on any atom is -0.410 e. The molecular formula is C13H21N4O2+. The smallest absolute Gasteiger partial charge is 0.275 e. The van der Waals surface area contributed by atoms with Gasteiger partial charge in [-0.1, -0.05) is 11.2 Å². The summed E-state index contributed by atoms with van der Waals surface area (Å²) in [4.78, 5) is 17.3. The van der Waals surface area contributed by atoms with Crippen LogP contribution in [-0.4, -0.2) is 48.0 Å². The van der Waals surface area contributed by atoms with E-state index in [0.29, 0.717) is 12.2 Å². The molecule has 1 amide bonds. The van der Waals surface area contributed by atoms with Gasteiger partial charge >= 0.3 is 0 Å². The zero-order valence-electron chi connectivity index (χ0n) is 11.4. The molecule has 0 aromatic carbocycles. The molecule has 0 spiro atoms. The highest BCUT2D eigenvalue weighted by Gasteiger charge is 2.15. The Morgan fingerprint density at radius 1 is 1.42 bits per heavy atom. The molecule has 1 aromatic heterocycles. The van der Waals surface area contributed by atoms with E-state index < -0.39 is 5.91 Å². The van der Waals surface area contributed by atoms with Gasteiger partial charge in [0.15, 0.2) is 5.71 Å². The molecule has 19 heavy (non-hydrogen) atoms. The number of carbonyl (C=O) groups is 1. The van der Waals surface area contributed by atoms with Crippen molar-refractivity contribution in [1.29, 1.82) is 0 Å². The molecule has 6 nitrogen and oxygen atoms in total. The fourth-order valence-electron chi connectivity index (χ4n) is 1.76. The quantitative estimate of drug-likeness (QED) is 0.346. The summed E-state index contributed by atoms with van der Waals surface area (Å²) in [5, 5.41) is 14.7. The Bertz CT molecular complexity index is 416. The average molecular weight is 265 g/mol. The van der Waals surface area contributed by atoms with E-state index in [2.05, 4.69) is 29.3 Å². The molecule has 0 fully saturated rings. The second-order valence-corrected chi connectivity index (χ2v) is 4.13. The van der Waals surface area contributed by atoms with Gasteiger partial charge in [-0.2, -0.15) is 0 Å². The monoisotopic (exact) mass is 265 g/mol. The molecule has 104 valence electrons. The van der Waals surface area contributed by atoms with E-state index in [4.69, 9.17) is 5.21 Å². The maximum atomic E-state index is 11.9. The van der Waals surface area contributed by atoms with Crippen LogP contribution in [0.3, 0.4) is 0 Å². The zero-order valence-corrected chi connectivity index (χ0v) is 11.4. The first-order chi connectivity index (χ1) is 9.22. The molecule has 0 atom stereocenters. The first-order valence-electron chi connectivity index (χ1n) is 6.48. The van der Waals surface area contributed by atoms with Crippen molar-refractivity contribution in [2.24, 2.45) is 5.16 Å². The van der Waals surface area contributed by atoms with Gasteiger partial charge in [-0.25, -0.2) is 0 Å². The number of pyridine rings is 1. The summed E-state index contributed by atoms with van der Waals surface area (Å²) in [7, 11) is 0. The maximum Gasteiger partial charge on any atom is 0.275 e. The SMILES string of the molecule is CC[NH+](CC)CCNC(=O)/C(=N\O)c1ccccn1. The number of oxime groups is 1. The van der Waals surface area contributed by atoms with Gasteiger partial charge < -0.3 is 15.4 Å². The number of rotatable bonds is 7. The molecule has 3 N–H and O–H groups in total. The van der Waals surface area contributed by atoms with Gasteiger partial charge in [-0.05, 0) is 26.0 Å². The third-order valence-corrected chi connectivity index (χ3v) is 2.99. The number of carbonyl (C=O) groups excluding carboxylic acids is 1. The first kappa shape index (κ1) is 15.1. The molecule has 0 saturated heterocycles. The van der Waals surface area contributed by atoms with Gasteiger partial charge in [0.1, 0.15) is 0 Å². The van der Waals surface area contributed by atoms with Crippen molar-refractivity contribution in [3.05, 3.63) is 30.1 Å². The number of hydrogen-bond acceptors (Lipinski definition) is 4. The second kappa shape index (κ2) is 8.20. The lowest BCUT2D eigenvalue weighted by molar-refractivity contribution is -0.895. The number of aromatic nitrogens is 1. The van der Waals surface area contributed by atoms with Crippen molar-refractivity contribution in [2.75, 3.05) is 26.2 Å². The molecule has 1 heterocycles. The third-order valence-electron chi connectivity index (χ3n) is 2.99. The van der Waals surface area contributed by atoms with Crippen LogP contribution < -0.4 is 10.2 Å². The summed E-state index contributed by atoms with van der Waals surface area (Å²) in [5.74, 6) is -0.409. The Labute approximate surface area is 113 Å². The Hall–Kier alpha value is -1.95. The Kier molecular flexibility index (Phi) is 6.52. The minimum atomic E-state index is -0.409. The molecule has 0 aliphatic rings. The van der Waals surface area contributed by atoms with Crippen LogP contribution in [0.25, 0.3) is 0 Å². The van der Waals surface area contributed by atoms with Crippen molar-refractivity contribution in [3.63, 3.8) is 0 Å². The lowest BCUT2D eigenvalue weighted by Crippen LogP contribution is -3.12. The topological polar surface area (TPSA) is 79.0 Å². The summed E-state index contributed by atoms with van der Waals surface area (Å²) < 4.78 is 0. The number of likely N-dealkylation sites (N-methyl/N-ethyl adjacent to an activating group) is 1. The number of quaternary nitrogens is 1. The highest BCUT2D eigenvalue weighted by Crippen LogP contribution is 1.96. The van der Waals surface area contributed by atoms with E-state index in [0.717, 1.165) is 19.6 Å². The van der Waals surface area contributed by atoms with Gasteiger partial charge in [-0.15, -0.1) is 0 Å². The van der Waals surface area contributed by atoms with E-state index in [9.17, 15) is 4.79 Å². The van der Waals surface area contributed by atoms with Crippen LogP contribution in [0, 0.1) is 0 Å². The van der Waals surface area contributed by atoms with Gasteiger partial charge in [0, 0.05) is 6.20 Å². The Morgan fingerprint density at radius 2 is 2.16 bits per heavy atom. The van der Waals surface area contributed by atoms with E-state index in [1.165, 1.54) is 4.90 Å².